The Hall–Kier alpha value is 0.134. The van der Waals surface area contributed by atoms with Gasteiger partial charge in [-0.3, -0.25) is 0 Å². The molecule has 0 radical (unpaired) electrons. The molecule has 0 amide bonds. The minimum atomic E-state index is -1.07. The molecule has 2 unspecified atom stereocenters. The van der Waals surface area contributed by atoms with Crippen LogP contribution in [0.1, 0.15) is 40.5 Å². The Morgan fingerprint density at radius 3 is 1.88 bits per heavy atom. The largest absolute Gasteiger partial charge is 0.310 e. The summed E-state index contributed by atoms with van der Waals surface area (Å²) in [6.45, 7) is 16.6. The predicted octanol–water partition coefficient (Wildman–Crippen LogP) is 2.67. The summed E-state index contributed by atoms with van der Waals surface area (Å²) < 4.78 is 0. The van der Waals surface area contributed by atoms with Gasteiger partial charge in [-0.2, -0.15) is 0 Å². The molecule has 0 bridgehead atoms. The minimum Gasteiger partial charge on any atom is -0.310 e. The van der Waals surface area contributed by atoms with Gasteiger partial charge >= 0.3 is 0 Å². The molecule has 1 nitrogen and oxygen atoms in total. The fraction of sp³-hybridized carbons (Fsp3) is 0.846. The summed E-state index contributed by atoms with van der Waals surface area (Å²) in [6.07, 6.45) is 2.48. The van der Waals surface area contributed by atoms with Gasteiger partial charge in [-0.25, -0.2) is 0 Å². The van der Waals surface area contributed by atoms with Gasteiger partial charge in [-0.1, -0.05) is 44.3 Å². The van der Waals surface area contributed by atoms with E-state index in [0.717, 1.165) is 5.67 Å². The summed E-state index contributed by atoms with van der Waals surface area (Å²) in [7, 11) is 0.129. The van der Waals surface area contributed by atoms with Crippen molar-refractivity contribution in [2.45, 2.75) is 71.9 Å². The second kappa shape index (κ2) is 6.77. The number of hydrogen-bond acceptors (Lipinski definition) is 1. The van der Waals surface area contributed by atoms with Gasteiger partial charge in [0.25, 0.3) is 0 Å². The zero-order chi connectivity index (χ0) is 12.9. The molecule has 0 heterocycles. The fourth-order valence-corrected chi connectivity index (χ4v) is 4.39. The average Bonchev–Trinajstić information content (AvgIpc) is 2.16. The van der Waals surface area contributed by atoms with E-state index in [1.165, 1.54) is 23.1 Å². The molecule has 0 aliphatic carbocycles. The van der Waals surface area contributed by atoms with Gasteiger partial charge in [0, 0.05) is 21.9 Å². The molecule has 2 atom stereocenters. The zero-order valence-corrected chi connectivity index (χ0v) is 15.6. The fourth-order valence-electron chi connectivity index (χ4n) is 2.12. The standard InChI is InChI=1S/C13H31NSi2/c1-8-12(10(3)11(4)15)14-13(9-2)16(5,6)7/h12-14H,8-9H2,1-7,15H3. The first-order valence-electron chi connectivity index (χ1n) is 6.64. The first-order chi connectivity index (χ1) is 7.23. The molecular weight excluding hydrogens is 226 g/mol. The molecule has 0 aromatic carbocycles. The Labute approximate surface area is 107 Å². The molecule has 16 heavy (non-hydrogen) atoms. The van der Waals surface area contributed by atoms with E-state index in [0.29, 0.717) is 6.04 Å². The average molecular weight is 258 g/mol. The van der Waals surface area contributed by atoms with Gasteiger partial charge in [0.2, 0.25) is 0 Å². The van der Waals surface area contributed by atoms with Crippen molar-refractivity contribution < 1.29 is 0 Å². The SMILES string of the molecule is CCC(NC(CC)[Si](C)(C)C)C(C)=C(C)[SiH3]. The highest BCUT2D eigenvalue weighted by Crippen LogP contribution is 2.16. The first-order valence-corrected chi connectivity index (χ1v) is 11.2. The Bertz CT molecular complexity index is 237. The molecule has 0 aliphatic heterocycles. The van der Waals surface area contributed by atoms with E-state index in [-0.39, 0.29) is 0 Å². The maximum Gasteiger partial charge on any atom is 0.0635 e. The Morgan fingerprint density at radius 1 is 1.12 bits per heavy atom. The highest BCUT2D eigenvalue weighted by Gasteiger charge is 2.27. The van der Waals surface area contributed by atoms with Crippen molar-refractivity contribution in [2.24, 2.45) is 0 Å². The van der Waals surface area contributed by atoms with Gasteiger partial charge in [0.1, 0.15) is 0 Å². The monoisotopic (exact) mass is 257 g/mol. The molecule has 0 spiro atoms. The van der Waals surface area contributed by atoms with Crippen LogP contribution in [0.5, 0.6) is 0 Å². The van der Waals surface area contributed by atoms with Crippen molar-refractivity contribution in [1.29, 1.82) is 0 Å². The summed E-state index contributed by atoms with van der Waals surface area (Å²) in [5, 5.41) is 5.50. The summed E-state index contributed by atoms with van der Waals surface area (Å²) in [4.78, 5) is 0. The lowest BCUT2D eigenvalue weighted by Crippen LogP contribution is -2.52. The van der Waals surface area contributed by atoms with Crippen LogP contribution in [0.25, 0.3) is 0 Å². The van der Waals surface area contributed by atoms with Gasteiger partial charge in [0.15, 0.2) is 0 Å². The van der Waals surface area contributed by atoms with E-state index in [4.69, 9.17) is 0 Å². The molecule has 96 valence electrons. The van der Waals surface area contributed by atoms with Gasteiger partial charge in [-0.05, 0) is 26.7 Å². The molecule has 0 aromatic rings. The van der Waals surface area contributed by atoms with E-state index in [1.54, 1.807) is 10.8 Å². The van der Waals surface area contributed by atoms with E-state index < -0.39 is 8.07 Å². The van der Waals surface area contributed by atoms with E-state index >= 15 is 0 Å². The van der Waals surface area contributed by atoms with Gasteiger partial charge in [-0.15, -0.1) is 0 Å². The molecule has 0 saturated heterocycles. The number of hydrogen-bond donors (Lipinski definition) is 1. The molecule has 0 aromatic heterocycles. The summed E-state index contributed by atoms with van der Waals surface area (Å²) in [5.74, 6) is 0. The topological polar surface area (TPSA) is 12.0 Å². The van der Waals surface area contributed by atoms with Crippen LogP contribution in [0.4, 0.5) is 0 Å². The number of rotatable bonds is 6. The van der Waals surface area contributed by atoms with Crippen LogP contribution < -0.4 is 5.32 Å². The third kappa shape index (κ3) is 4.98. The van der Waals surface area contributed by atoms with E-state index in [1.807, 2.05) is 0 Å². The van der Waals surface area contributed by atoms with Crippen LogP contribution in [-0.2, 0) is 0 Å². The molecule has 0 fully saturated rings. The third-order valence-electron chi connectivity index (χ3n) is 3.58. The zero-order valence-electron chi connectivity index (χ0n) is 12.6. The summed E-state index contributed by atoms with van der Waals surface area (Å²) >= 11 is 0. The van der Waals surface area contributed by atoms with Crippen LogP contribution in [0.3, 0.4) is 0 Å². The predicted molar refractivity (Wildman–Crippen MR) is 83.0 cm³/mol. The van der Waals surface area contributed by atoms with Crippen molar-refractivity contribution in [2.75, 3.05) is 0 Å². The van der Waals surface area contributed by atoms with Gasteiger partial charge < -0.3 is 5.32 Å². The highest BCUT2D eigenvalue weighted by molar-refractivity contribution is 6.77. The lowest BCUT2D eigenvalue weighted by atomic mass is 10.1. The maximum absolute atomic E-state index is 3.90. The highest BCUT2D eigenvalue weighted by atomic mass is 28.3. The Kier molecular flexibility index (Phi) is 6.83. The van der Waals surface area contributed by atoms with Crippen molar-refractivity contribution in [3.05, 3.63) is 10.8 Å². The van der Waals surface area contributed by atoms with Crippen LogP contribution >= 0.6 is 0 Å². The third-order valence-corrected chi connectivity index (χ3v) is 7.03. The van der Waals surface area contributed by atoms with Crippen LogP contribution in [0, 0.1) is 0 Å². The maximum atomic E-state index is 3.90. The molecule has 1 N–H and O–H groups in total. The van der Waals surface area contributed by atoms with Crippen molar-refractivity contribution in [3.63, 3.8) is 0 Å². The normalized spacial score (nSPS) is 18.2. The first kappa shape index (κ1) is 16.1. The molecular formula is C13H31NSi2. The Morgan fingerprint density at radius 2 is 1.62 bits per heavy atom. The smallest absolute Gasteiger partial charge is 0.0635 e. The van der Waals surface area contributed by atoms with Crippen LogP contribution in [0.2, 0.25) is 19.6 Å². The minimum absolute atomic E-state index is 0.606. The van der Waals surface area contributed by atoms with Crippen molar-refractivity contribution in [1.82, 2.24) is 5.32 Å². The second-order valence-electron chi connectivity index (χ2n) is 6.14. The number of allylic oxidation sites excluding steroid dienone is 1. The van der Waals surface area contributed by atoms with Crippen molar-refractivity contribution >= 4 is 18.3 Å². The summed E-state index contributed by atoms with van der Waals surface area (Å²) in [6, 6.07) is 0.606. The van der Waals surface area contributed by atoms with Crippen LogP contribution in [-0.4, -0.2) is 30.0 Å². The van der Waals surface area contributed by atoms with Crippen LogP contribution in [0.15, 0.2) is 10.8 Å². The summed E-state index contributed by atoms with van der Waals surface area (Å²) in [5.41, 5.74) is 2.33. The Balaban J connectivity index is 4.72. The van der Waals surface area contributed by atoms with E-state index in [2.05, 4.69) is 52.7 Å². The van der Waals surface area contributed by atoms with E-state index in [9.17, 15) is 0 Å². The molecule has 0 aliphatic rings. The van der Waals surface area contributed by atoms with Crippen molar-refractivity contribution in [3.8, 4) is 0 Å². The van der Waals surface area contributed by atoms with Gasteiger partial charge in [0.05, 0.1) is 8.07 Å². The molecule has 0 rings (SSSR count). The second-order valence-corrected chi connectivity index (χ2v) is 13.1. The number of nitrogens with one attached hydrogen (secondary N) is 1. The lowest BCUT2D eigenvalue weighted by Gasteiger charge is -2.33. The molecule has 0 saturated carbocycles. The quantitative estimate of drug-likeness (QED) is 0.722. The lowest BCUT2D eigenvalue weighted by molar-refractivity contribution is 0.508. The molecule has 3 heteroatoms.